The lowest BCUT2D eigenvalue weighted by atomic mass is 9.69. The first-order chi connectivity index (χ1) is 17.3. The smallest absolute Gasteiger partial charge is 0.194 e. The summed E-state index contributed by atoms with van der Waals surface area (Å²) in [6.07, 6.45) is 7.40. The number of aromatic nitrogens is 1. The second kappa shape index (κ2) is 11.6. The first-order valence-corrected chi connectivity index (χ1v) is 12.8. The van der Waals surface area contributed by atoms with Gasteiger partial charge in [0.05, 0.1) is 18.7 Å². The number of aryl methyl sites for hydroxylation is 3. The van der Waals surface area contributed by atoms with Gasteiger partial charge < -0.3 is 15.2 Å². The molecule has 36 heavy (non-hydrogen) atoms. The molecule has 1 unspecified atom stereocenters. The standard InChI is InChI=1S/C29H35F3N2O2/c1-19-18-34-26-9-8-21(36-2)17-23(26)22(19)6-4-10-29(11-13-33-14-12-29)27(35)7-3-5-20-15-24(30)28(32)25(31)16-20/h8-9,15-18,27,33,35H,3-7,10-14H2,1-2H3. The Kier molecular flexibility index (Phi) is 8.52. The maximum absolute atomic E-state index is 13.5. The minimum absolute atomic E-state index is 0.195. The van der Waals surface area contributed by atoms with Crippen molar-refractivity contribution in [2.45, 2.75) is 64.4 Å². The van der Waals surface area contributed by atoms with Crippen LogP contribution in [0.3, 0.4) is 0 Å². The van der Waals surface area contributed by atoms with E-state index >= 15 is 0 Å². The van der Waals surface area contributed by atoms with Crippen LogP contribution in [0.4, 0.5) is 13.2 Å². The van der Waals surface area contributed by atoms with Crippen LogP contribution in [0.15, 0.2) is 36.5 Å². The van der Waals surface area contributed by atoms with Gasteiger partial charge in [-0.3, -0.25) is 4.98 Å². The Labute approximate surface area is 210 Å². The van der Waals surface area contributed by atoms with E-state index in [-0.39, 0.29) is 5.41 Å². The van der Waals surface area contributed by atoms with Crippen molar-refractivity contribution in [1.29, 1.82) is 0 Å². The third-order valence-corrected chi connectivity index (χ3v) is 7.80. The third-order valence-electron chi connectivity index (χ3n) is 7.80. The van der Waals surface area contributed by atoms with Crippen LogP contribution < -0.4 is 10.1 Å². The second-order valence-corrected chi connectivity index (χ2v) is 10.1. The zero-order valence-electron chi connectivity index (χ0n) is 21.0. The fourth-order valence-electron chi connectivity index (χ4n) is 5.63. The van der Waals surface area contributed by atoms with Crippen LogP contribution in [-0.2, 0) is 12.8 Å². The number of fused-ring (bicyclic) bond motifs is 1. The van der Waals surface area contributed by atoms with Crippen LogP contribution in [0.2, 0.25) is 0 Å². The highest BCUT2D eigenvalue weighted by molar-refractivity contribution is 5.84. The molecule has 1 atom stereocenters. The number of pyridine rings is 1. The van der Waals surface area contributed by atoms with Gasteiger partial charge in [-0.25, -0.2) is 13.2 Å². The number of rotatable bonds is 10. The van der Waals surface area contributed by atoms with E-state index in [9.17, 15) is 18.3 Å². The molecule has 2 heterocycles. The summed E-state index contributed by atoms with van der Waals surface area (Å²) in [5.74, 6) is -2.97. The molecule has 0 aliphatic carbocycles. The SMILES string of the molecule is COc1ccc2ncc(C)c(CCCC3(C(O)CCCc4cc(F)c(F)c(F)c4)CCNCC3)c2c1. The van der Waals surface area contributed by atoms with E-state index < -0.39 is 23.6 Å². The predicted octanol–water partition coefficient (Wildman–Crippen LogP) is 6.05. The lowest BCUT2D eigenvalue weighted by molar-refractivity contribution is -0.0131. The van der Waals surface area contributed by atoms with Crippen molar-refractivity contribution in [3.05, 3.63) is 70.7 Å². The average molecular weight is 501 g/mol. The molecule has 0 radical (unpaired) electrons. The molecule has 0 bridgehead atoms. The number of aliphatic hydroxyl groups excluding tert-OH is 1. The largest absolute Gasteiger partial charge is 0.497 e. The highest BCUT2D eigenvalue weighted by Gasteiger charge is 2.38. The van der Waals surface area contributed by atoms with Crippen LogP contribution in [0.25, 0.3) is 10.9 Å². The van der Waals surface area contributed by atoms with Gasteiger partial charge in [-0.1, -0.05) is 0 Å². The number of aliphatic hydroxyl groups is 1. The first kappa shape index (κ1) is 26.4. The monoisotopic (exact) mass is 500 g/mol. The summed E-state index contributed by atoms with van der Waals surface area (Å²) in [6, 6.07) is 8.03. The Hall–Kier alpha value is -2.64. The number of hydrogen-bond donors (Lipinski definition) is 2. The molecule has 0 spiro atoms. The van der Waals surface area contributed by atoms with Crippen molar-refractivity contribution >= 4 is 10.9 Å². The van der Waals surface area contributed by atoms with E-state index in [1.807, 2.05) is 24.4 Å². The zero-order valence-corrected chi connectivity index (χ0v) is 21.0. The number of ether oxygens (including phenoxy) is 1. The molecule has 2 aromatic carbocycles. The summed E-state index contributed by atoms with van der Waals surface area (Å²) in [6.45, 7) is 3.80. The topological polar surface area (TPSA) is 54.4 Å². The lowest BCUT2D eigenvalue weighted by Gasteiger charge is -2.42. The Morgan fingerprint density at radius 1 is 1.06 bits per heavy atom. The highest BCUT2D eigenvalue weighted by Crippen LogP contribution is 2.40. The predicted molar refractivity (Wildman–Crippen MR) is 136 cm³/mol. The van der Waals surface area contributed by atoms with Gasteiger partial charge >= 0.3 is 0 Å². The van der Waals surface area contributed by atoms with Crippen LogP contribution in [0.5, 0.6) is 5.75 Å². The second-order valence-electron chi connectivity index (χ2n) is 10.1. The van der Waals surface area contributed by atoms with Gasteiger partial charge in [0.1, 0.15) is 5.75 Å². The van der Waals surface area contributed by atoms with Crippen molar-refractivity contribution in [1.82, 2.24) is 10.3 Å². The fraction of sp³-hybridized carbons (Fsp3) is 0.483. The average Bonchev–Trinajstić information content (AvgIpc) is 2.88. The van der Waals surface area contributed by atoms with E-state index in [4.69, 9.17) is 4.74 Å². The Balaban J connectivity index is 1.42. The van der Waals surface area contributed by atoms with Crippen LogP contribution in [0, 0.1) is 29.8 Å². The van der Waals surface area contributed by atoms with Crippen molar-refractivity contribution < 1.29 is 23.0 Å². The number of methoxy groups -OCH3 is 1. The Morgan fingerprint density at radius 3 is 2.47 bits per heavy atom. The number of halogens is 3. The normalized spacial score (nSPS) is 16.3. The third kappa shape index (κ3) is 5.84. The van der Waals surface area contributed by atoms with E-state index in [2.05, 4.69) is 17.2 Å². The van der Waals surface area contributed by atoms with Crippen molar-refractivity contribution in [2.75, 3.05) is 20.2 Å². The quantitative estimate of drug-likeness (QED) is 0.333. The van der Waals surface area contributed by atoms with Crippen molar-refractivity contribution in [3.63, 3.8) is 0 Å². The summed E-state index contributed by atoms with van der Waals surface area (Å²) >= 11 is 0. The van der Waals surface area contributed by atoms with Crippen molar-refractivity contribution in [2.24, 2.45) is 5.41 Å². The molecule has 1 fully saturated rings. The fourth-order valence-corrected chi connectivity index (χ4v) is 5.63. The van der Waals surface area contributed by atoms with Gasteiger partial charge in [-0.15, -0.1) is 0 Å². The first-order valence-electron chi connectivity index (χ1n) is 12.8. The van der Waals surface area contributed by atoms with Crippen LogP contribution in [0.1, 0.15) is 55.2 Å². The summed E-state index contributed by atoms with van der Waals surface area (Å²) in [5, 5.41) is 15.8. The number of hydrogen-bond acceptors (Lipinski definition) is 4. The van der Waals surface area contributed by atoms with Crippen molar-refractivity contribution in [3.8, 4) is 5.75 Å². The van der Waals surface area contributed by atoms with Crippen LogP contribution >= 0.6 is 0 Å². The number of benzene rings is 2. The van der Waals surface area contributed by atoms with Crippen LogP contribution in [-0.4, -0.2) is 36.4 Å². The lowest BCUT2D eigenvalue weighted by Crippen LogP contribution is -2.44. The maximum Gasteiger partial charge on any atom is 0.194 e. The summed E-state index contributed by atoms with van der Waals surface area (Å²) in [4.78, 5) is 4.56. The number of nitrogens with one attached hydrogen (secondary N) is 1. The van der Waals surface area contributed by atoms with Gasteiger partial charge in [-0.2, -0.15) is 0 Å². The van der Waals surface area contributed by atoms with Gasteiger partial charge in [0.15, 0.2) is 17.5 Å². The molecule has 1 aliphatic heterocycles. The molecule has 2 N–H and O–H groups in total. The van der Waals surface area contributed by atoms with E-state index in [1.54, 1.807) is 7.11 Å². The molecule has 3 aromatic rings. The molecule has 1 saturated heterocycles. The molecular formula is C29H35F3N2O2. The molecule has 4 nitrogen and oxygen atoms in total. The van der Waals surface area contributed by atoms with Gasteiger partial charge in [0.2, 0.25) is 0 Å². The molecule has 0 saturated carbocycles. The summed E-state index contributed by atoms with van der Waals surface area (Å²) in [5.41, 5.74) is 3.57. The molecule has 1 aromatic heterocycles. The van der Waals surface area contributed by atoms with E-state index in [1.165, 1.54) is 5.56 Å². The molecule has 7 heteroatoms. The van der Waals surface area contributed by atoms with E-state index in [0.717, 1.165) is 79.5 Å². The Bertz CT molecular complexity index is 1170. The zero-order chi connectivity index (χ0) is 25.7. The van der Waals surface area contributed by atoms with E-state index in [0.29, 0.717) is 24.8 Å². The van der Waals surface area contributed by atoms with Gasteiger partial charge in [-0.05, 0) is 124 Å². The molecule has 4 rings (SSSR count). The molecule has 0 amide bonds. The van der Waals surface area contributed by atoms with Gasteiger partial charge in [0, 0.05) is 11.6 Å². The maximum atomic E-state index is 13.5. The molecule has 194 valence electrons. The number of nitrogens with zero attached hydrogens (tertiary/aromatic N) is 1. The van der Waals surface area contributed by atoms with Gasteiger partial charge in [0.25, 0.3) is 0 Å². The summed E-state index contributed by atoms with van der Waals surface area (Å²) < 4.78 is 45.7. The molecule has 1 aliphatic rings. The number of piperidine rings is 1. The highest BCUT2D eigenvalue weighted by atomic mass is 19.2. The minimum Gasteiger partial charge on any atom is -0.497 e. The molecular weight excluding hydrogens is 465 g/mol. The Morgan fingerprint density at radius 2 is 1.78 bits per heavy atom. The summed E-state index contributed by atoms with van der Waals surface area (Å²) in [7, 11) is 1.66. The minimum atomic E-state index is -1.44.